The van der Waals surface area contributed by atoms with Gasteiger partial charge in [-0.2, -0.15) is 5.10 Å². The van der Waals surface area contributed by atoms with Crippen LogP contribution in [0.4, 0.5) is 0 Å². The summed E-state index contributed by atoms with van der Waals surface area (Å²) in [4.78, 5) is 22.7. The third-order valence-electron chi connectivity index (χ3n) is 6.53. The van der Waals surface area contributed by atoms with Gasteiger partial charge in [-0.15, -0.1) is 0 Å². The summed E-state index contributed by atoms with van der Waals surface area (Å²) in [6.07, 6.45) is 2.04. The Bertz CT molecular complexity index is 1460. The monoisotopic (exact) mass is 518 g/mol. The number of nitrogens with one attached hydrogen (secondary N) is 2. The van der Waals surface area contributed by atoms with E-state index in [1.165, 1.54) is 23.7 Å². The van der Waals surface area contributed by atoms with Gasteiger partial charge in [0.25, 0.3) is 5.56 Å². The number of H-pyrrole nitrogens is 1. The van der Waals surface area contributed by atoms with Gasteiger partial charge in [0.2, 0.25) is 10.0 Å². The van der Waals surface area contributed by atoms with Crippen molar-refractivity contribution in [1.29, 1.82) is 0 Å². The average Bonchev–Trinajstić information content (AvgIpc) is 3.38. The number of nitrogens with zero attached hydrogens (tertiary/aromatic N) is 4. The van der Waals surface area contributed by atoms with E-state index in [0.29, 0.717) is 36.2 Å². The molecule has 1 fully saturated rings. The smallest absolute Gasteiger partial charge is 0.277 e. The predicted molar refractivity (Wildman–Crippen MR) is 140 cm³/mol. The lowest BCUT2D eigenvalue weighted by Crippen LogP contribution is -2.31. The van der Waals surface area contributed by atoms with Crippen molar-refractivity contribution >= 4 is 21.1 Å². The molecular formula is C25H36N6O4S. The number of aromatic amines is 1. The molecule has 1 aromatic carbocycles. The zero-order valence-corrected chi connectivity index (χ0v) is 22.1. The number of fused-ring (bicyclic) bond motifs is 1. The summed E-state index contributed by atoms with van der Waals surface area (Å²) in [5, 5.41) is 4.32. The van der Waals surface area contributed by atoms with Crippen molar-refractivity contribution < 1.29 is 15.9 Å². The molecule has 11 heteroatoms. The molecule has 0 saturated carbocycles. The maximum Gasteiger partial charge on any atom is 0.277 e. The van der Waals surface area contributed by atoms with Crippen molar-refractivity contribution in [2.45, 2.75) is 63.3 Å². The maximum atomic E-state index is 13.2. The van der Waals surface area contributed by atoms with E-state index in [1.54, 1.807) is 13.1 Å². The Morgan fingerprint density at radius 1 is 1.31 bits per heavy atom. The minimum absolute atomic E-state index is 0.0338. The van der Waals surface area contributed by atoms with Crippen molar-refractivity contribution in [3.63, 3.8) is 0 Å². The summed E-state index contributed by atoms with van der Waals surface area (Å²) in [5.74, 6) is 0.515. The number of rotatable bonds is 11. The summed E-state index contributed by atoms with van der Waals surface area (Å²) >= 11 is 0. The molecule has 1 atom stereocenters. The van der Waals surface area contributed by atoms with E-state index in [1.807, 2.05) is 6.92 Å². The number of hydrogen-bond acceptors (Lipinski definition) is 7. The van der Waals surface area contributed by atoms with Gasteiger partial charge in [-0.3, -0.25) is 9.48 Å². The fourth-order valence-electron chi connectivity index (χ4n) is 4.65. The molecule has 0 amide bonds. The molecule has 3 aromatic rings. The van der Waals surface area contributed by atoms with Crippen LogP contribution in [0.2, 0.25) is 0 Å². The van der Waals surface area contributed by atoms with E-state index < -0.39 is 22.0 Å². The van der Waals surface area contributed by atoms with Crippen molar-refractivity contribution in [1.82, 2.24) is 29.4 Å². The number of likely N-dealkylation sites (tertiary alicyclic amines) is 1. The Kier molecular flexibility index (Phi) is 7.29. The largest absolute Gasteiger partial charge is 0.493 e. The van der Waals surface area contributed by atoms with Crippen LogP contribution < -0.4 is 15.0 Å². The van der Waals surface area contributed by atoms with E-state index in [4.69, 9.17) is 7.48 Å². The first-order valence-electron chi connectivity index (χ1n) is 13.3. The second-order valence-corrected chi connectivity index (χ2v) is 10.9. The molecule has 0 spiro atoms. The van der Waals surface area contributed by atoms with Crippen LogP contribution in [0.25, 0.3) is 22.4 Å². The summed E-state index contributed by atoms with van der Waals surface area (Å²) in [6.45, 7) is 5.13. The Hall–Kier alpha value is -2.76. The Balaban J connectivity index is 1.72. The molecule has 0 radical (unpaired) electrons. The molecule has 4 rings (SSSR count). The highest BCUT2D eigenvalue weighted by atomic mass is 32.2. The average molecular weight is 519 g/mol. The zero-order valence-electron chi connectivity index (χ0n) is 23.3. The lowest BCUT2D eigenvalue weighted by molar-refractivity contribution is 0.297. The number of sulfonamides is 1. The normalized spacial score (nSPS) is 17.9. The third-order valence-corrected chi connectivity index (χ3v) is 7.98. The van der Waals surface area contributed by atoms with Crippen molar-refractivity contribution in [3.05, 3.63) is 34.2 Å². The van der Waals surface area contributed by atoms with Gasteiger partial charge in [-0.25, -0.2) is 18.1 Å². The lowest BCUT2D eigenvalue weighted by atomic mass is 10.1. The first-order chi connectivity index (χ1) is 17.9. The van der Waals surface area contributed by atoms with E-state index >= 15 is 0 Å². The highest BCUT2D eigenvalue weighted by Gasteiger charge is 2.23. The summed E-state index contributed by atoms with van der Waals surface area (Å²) in [7, 11) is -0.169. The molecule has 196 valence electrons. The first kappa shape index (κ1) is 23.6. The van der Waals surface area contributed by atoms with E-state index in [0.717, 1.165) is 32.2 Å². The van der Waals surface area contributed by atoms with Crippen LogP contribution in [0, 0.1) is 0 Å². The maximum absolute atomic E-state index is 13.2. The topological polar surface area (TPSA) is 122 Å². The lowest BCUT2D eigenvalue weighted by Gasteiger charge is -2.19. The molecule has 2 aromatic heterocycles. The molecule has 1 unspecified atom stereocenters. The SMILES string of the molecule is [2H]C([2H])(C)Cc1nn(C)c2c(=O)[nH]c(-c3cc(S(=O)(=O)NCCC4CCCN4C)ccc3OCCC)nc12. The molecule has 10 nitrogen and oxygen atoms in total. The number of hydrogen-bond donors (Lipinski definition) is 2. The van der Waals surface area contributed by atoms with E-state index in [-0.39, 0.29) is 28.2 Å². The van der Waals surface area contributed by atoms with Gasteiger partial charge < -0.3 is 14.6 Å². The molecule has 1 aliphatic heterocycles. The molecular weight excluding hydrogens is 480 g/mol. The van der Waals surface area contributed by atoms with Crippen LogP contribution in [0.5, 0.6) is 5.75 Å². The molecule has 0 aliphatic carbocycles. The molecule has 36 heavy (non-hydrogen) atoms. The molecule has 0 bridgehead atoms. The van der Waals surface area contributed by atoms with Gasteiger partial charge in [0.15, 0.2) is 5.52 Å². The number of benzene rings is 1. The molecule has 2 N–H and O–H groups in total. The van der Waals surface area contributed by atoms with E-state index in [2.05, 4.69) is 31.7 Å². The molecule has 1 aliphatic rings. The number of ether oxygens (including phenoxy) is 1. The minimum Gasteiger partial charge on any atom is -0.493 e. The second kappa shape index (κ2) is 11.1. The van der Waals surface area contributed by atoms with Gasteiger partial charge in [-0.05, 0) is 63.9 Å². The fourth-order valence-corrected chi connectivity index (χ4v) is 5.72. The van der Waals surface area contributed by atoms with Crippen LogP contribution in [0.1, 0.15) is 54.3 Å². The summed E-state index contributed by atoms with van der Waals surface area (Å²) < 4.78 is 52.2. The Morgan fingerprint density at radius 3 is 2.81 bits per heavy atom. The number of aromatic nitrogens is 4. The first-order valence-corrected chi connectivity index (χ1v) is 13.8. The van der Waals surface area contributed by atoms with Crippen molar-refractivity contribution in [3.8, 4) is 17.1 Å². The van der Waals surface area contributed by atoms with E-state index in [9.17, 15) is 13.2 Å². The summed E-state index contributed by atoms with van der Waals surface area (Å²) in [5.41, 5.74) is 0.694. The second-order valence-electron chi connectivity index (χ2n) is 9.18. The van der Waals surface area contributed by atoms with Crippen LogP contribution in [-0.4, -0.2) is 65.9 Å². The quantitative estimate of drug-likeness (QED) is 0.400. The standard InChI is InChI=1S/C25H36N6O4S/c1-5-8-20-22-23(31(4)29-20)25(32)28-24(27-22)19-16-18(10-11-21(19)35-15-6-2)36(33,34)26-13-12-17-9-7-14-30(17)3/h10-11,16-17,26H,5-9,12-15H2,1-4H3,(H,27,28,32)/i5D2. The van der Waals surface area contributed by atoms with Crippen LogP contribution in [0.3, 0.4) is 0 Å². The fraction of sp³-hybridized carbons (Fsp3) is 0.560. The van der Waals surface area contributed by atoms with Crippen LogP contribution in [0.15, 0.2) is 27.9 Å². The Labute approximate surface area is 214 Å². The highest BCUT2D eigenvalue weighted by molar-refractivity contribution is 7.89. The molecule has 1 saturated heterocycles. The zero-order chi connectivity index (χ0) is 27.7. The van der Waals surface area contributed by atoms with Crippen molar-refractivity contribution in [2.24, 2.45) is 7.05 Å². The van der Waals surface area contributed by atoms with Gasteiger partial charge in [-0.1, -0.05) is 20.2 Å². The minimum atomic E-state index is -3.83. The Morgan fingerprint density at radius 2 is 2.11 bits per heavy atom. The van der Waals surface area contributed by atoms with Gasteiger partial charge in [0.1, 0.15) is 17.1 Å². The van der Waals surface area contributed by atoms with Crippen LogP contribution in [-0.2, 0) is 23.5 Å². The van der Waals surface area contributed by atoms with Gasteiger partial charge in [0, 0.05) is 22.4 Å². The van der Waals surface area contributed by atoms with Gasteiger partial charge >= 0.3 is 0 Å². The van der Waals surface area contributed by atoms with Gasteiger partial charge in [0.05, 0.1) is 22.8 Å². The third kappa shape index (κ3) is 5.47. The summed E-state index contributed by atoms with van der Waals surface area (Å²) in [6, 6.07) is 4.87. The predicted octanol–water partition coefficient (Wildman–Crippen LogP) is 2.83. The van der Waals surface area contributed by atoms with Crippen LogP contribution >= 0.6 is 0 Å². The highest BCUT2D eigenvalue weighted by Crippen LogP contribution is 2.31. The molecule has 3 heterocycles. The van der Waals surface area contributed by atoms with Crippen molar-refractivity contribution in [2.75, 3.05) is 26.7 Å². The number of aryl methyl sites for hydroxylation is 2.